The maximum atomic E-state index is 11.9. The van der Waals surface area contributed by atoms with Gasteiger partial charge in [0.05, 0.1) is 11.3 Å². The number of hydrogen-bond donors (Lipinski definition) is 1. The molecule has 72 valence electrons. The van der Waals surface area contributed by atoms with E-state index < -0.39 is 0 Å². The zero-order valence-corrected chi connectivity index (χ0v) is 7.77. The highest BCUT2D eigenvalue weighted by atomic mass is 16.3. The largest absolute Gasteiger partial charge is 0.507 e. The molecular weight excluding hydrogens is 190 g/mol. The van der Waals surface area contributed by atoms with Gasteiger partial charge in [-0.3, -0.25) is 9.78 Å². The summed E-state index contributed by atoms with van der Waals surface area (Å²) in [5, 5.41) is 9.70. The van der Waals surface area contributed by atoms with Crippen molar-refractivity contribution in [3.05, 3.63) is 47.7 Å². The molecule has 1 aromatic carbocycles. The average Bonchev–Trinajstić information content (AvgIpc) is 2.55. The number of carbonyl (C=O) groups excluding carboxylic acids is 1. The van der Waals surface area contributed by atoms with Crippen molar-refractivity contribution >= 4 is 5.78 Å². The van der Waals surface area contributed by atoms with Gasteiger partial charge in [0, 0.05) is 17.3 Å². The highest BCUT2D eigenvalue weighted by molar-refractivity contribution is 6.21. The van der Waals surface area contributed by atoms with Gasteiger partial charge in [-0.05, 0) is 18.2 Å². The summed E-state index contributed by atoms with van der Waals surface area (Å²) in [5.74, 6) is 0.0438. The summed E-state index contributed by atoms with van der Waals surface area (Å²) in [5.41, 5.74) is 2.23. The molecule has 1 heterocycles. The van der Waals surface area contributed by atoms with E-state index in [1.54, 1.807) is 36.5 Å². The van der Waals surface area contributed by atoms with E-state index in [1.807, 2.05) is 0 Å². The first kappa shape index (κ1) is 8.17. The maximum absolute atomic E-state index is 11.9. The Labute approximate surface area is 86.0 Å². The Kier molecular flexibility index (Phi) is 1.45. The van der Waals surface area contributed by atoms with Gasteiger partial charge in [-0.15, -0.1) is 0 Å². The van der Waals surface area contributed by atoms with Crippen molar-refractivity contribution in [1.82, 2.24) is 4.98 Å². The molecule has 1 aromatic heterocycles. The molecule has 1 aliphatic rings. The lowest BCUT2D eigenvalue weighted by Gasteiger charge is -2.00. The number of hydrogen-bond acceptors (Lipinski definition) is 3. The first-order valence-corrected chi connectivity index (χ1v) is 4.61. The second-order valence-electron chi connectivity index (χ2n) is 3.43. The lowest BCUT2D eigenvalue weighted by molar-refractivity contribution is 0.104. The molecule has 0 unspecified atom stereocenters. The molecule has 1 N–H and O–H groups in total. The van der Waals surface area contributed by atoms with Gasteiger partial charge in [-0.25, -0.2) is 0 Å². The minimum Gasteiger partial charge on any atom is -0.507 e. The summed E-state index contributed by atoms with van der Waals surface area (Å²) in [7, 11) is 0. The Hall–Kier alpha value is -2.16. The van der Waals surface area contributed by atoms with Crippen molar-refractivity contribution in [2.45, 2.75) is 0 Å². The summed E-state index contributed by atoms with van der Waals surface area (Å²) in [6.07, 6.45) is 1.62. The summed E-state index contributed by atoms with van der Waals surface area (Å²) in [6, 6.07) is 8.39. The van der Waals surface area contributed by atoms with Crippen LogP contribution in [0.1, 0.15) is 15.9 Å². The number of ketones is 1. The number of benzene rings is 1. The third kappa shape index (κ3) is 0.944. The van der Waals surface area contributed by atoms with Crippen LogP contribution < -0.4 is 0 Å². The molecule has 0 amide bonds. The molecule has 0 saturated heterocycles. The molecular formula is C12H7NO2. The van der Waals surface area contributed by atoms with Crippen LogP contribution in [0.5, 0.6) is 5.75 Å². The highest BCUT2D eigenvalue weighted by Crippen LogP contribution is 2.40. The number of nitrogens with zero attached hydrogens (tertiary/aromatic N) is 1. The lowest BCUT2D eigenvalue weighted by atomic mass is 10.1. The molecule has 0 bridgehead atoms. The fourth-order valence-corrected chi connectivity index (χ4v) is 1.91. The molecule has 3 nitrogen and oxygen atoms in total. The van der Waals surface area contributed by atoms with Crippen LogP contribution in [0.15, 0.2) is 36.5 Å². The zero-order valence-electron chi connectivity index (χ0n) is 7.77. The Morgan fingerprint density at radius 2 is 1.87 bits per heavy atom. The fourth-order valence-electron chi connectivity index (χ4n) is 1.91. The summed E-state index contributed by atoms with van der Waals surface area (Å²) >= 11 is 0. The van der Waals surface area contributed by atoms with Gasteiger partial charge in [0.1, 0.15) is 5.75 Å². The molecule has 0 fully saturated rings. The van der Waals surface area contributed by atoms with Gasteiger partial charge in [0.25, 0.3) is 0 Å². The standard InChI is InChI=1S/C12H7NO2/c14-9-5-1-3-7-10(9)11-8(12(7)15)4-2-6-13-11/h1-6,14H. The average molecular weight is 197 g/mol. The summed E-state index contributed by atoms with van der Waals surface area (Å²) in [4.78, 5) is 16.0. The van der Waals surface area contributed by atoms with Crippen molar-refractivity contribution in [2.24, 2.45) is 0 Å². The van der Waals surface area contributed by atoms with Gasteiger partial charge < -0.3 is 5.11 Å². The Bertz CT molecular complexity index is 576. The molecule has 0 aliphatic heterocycles. The van der Waals surface area contributed by atoms with E-state index in [2.05, 4.69) is 4.98 Å². The van der Waals surface area contributed by atoms with Crippen molar-refractivity contribution in [2.75, 3.05) is 0 Å². The number of aromatic hydroxyl groups is 1. The number of fused-ring (bicyclic) bond motifs is 3. The van der Waals surface area contributed by atoms with E-state index in [0.717, 1.165) is 0 Å². The molecule has 0 atom stereocenters. The number of aromatic nitrogens is 1. The third-order valence-electron chi connectivity index (χ3n) is 2.58. The molecule has 0 radical (unpaired) electrons. The molecule has 2 aromatic rings. The van der Waals surface area contributed by atoms with Crippen molar-refractivity contribution in [1.29, 1.82) is 0 Å². The van der Waals surface area contributed by atoms with Crippen LogP contribution in [-0.4, -0.2) is 15.9 Å². The van der Waals surface area contributed by atoms with E-state index >= 15 is 0 Å². The first-order chi connectivity index (χ1) is 7.29. The number of carbonyl (C=O) groups is 1. The number of pyridine rings is 1. The first-order valence-electron chi connectivity index (χ1n) is 4.61. The normalized spacial score (nSPS) is 12.4. The third-order valence-corrected chi connectivity index (χ3v) is 2.58. The van der Waals surface area contributed by atoms with E-state index in [9.17, 15) is 9.90 Å². The molecule has 0 saturated carbocycles. The predicted octanol–water partition coefficient (Wildman–Crippen LogP) is 2.00. The van der Waals surface area contributed by atoms with Crippen LogP contribution in [0.3, 0.4) is 0 Å². The van der Waals surface area contributed by atoms with Crippen LogP contribution in [0.4, 0.5) is 0 Å². The van der Waals surface area contributed by atoms with Gasteiger partial charge in [-0.2, -0.15) is 0 Å². The SMILES string of the molecule is O=C1c2cccnc2-c2c(O)cccc21. The predicted molar refractivity (Wildman–Crippen MR) is 54.8 cm³/mol. The van der Waals surface area contributed by atoms with Gasteiger partial charge in [-0.1, -0.05) is 12.1 Å². The van der Waals surface area contributed by atoms with Gasteiger partial charge >= 0.3 is 0 Å². The van der Waals surface area contributed by atoms with Gasteiger partial charge in [0.15, 0.2) is 5.78 Å². The van der Waals surface area contributed by atoms with Crippen LogP contribution in [0, 0.1) is 0 Å². The number of phenols is 1. The molecule has 1 aliphatic carbocycles. The van der Waals surface area contributed by atoms with E-state index in [4.69, 9.17) is 0 Å². The fraction of sp³-hybridized carbons (Fsp3) is 0. The Morgan fingerprint density at radius 1 is 1.07 bits per heavy atom. The minimum atomic E-state index is -0.0657. The second-order valence-corrected chi connectivity index (χ2v) is 3.43. The van der Waals surface area contributed by atoms with E-state index in [1.165, 1.54) is 0 Å². The molecule has 0 spiro atoms. The molecule has 15 heavy (non-hydrogen) atoms. The quantitative estimate of drug-likeness (QED) is 0.599. The minimum absolute atomic E-state index is 0.0657. The van der Waals surface area contributed by atoms with E-state index in [0.29, 0.717) is 22.4 Å². The van der Waals surface area contributed by atoms with Crippen LogP contribution in [0.25, 0.3) is 11.3 Å². The second kappa shape index (κ2) is 2.67. The van der Waals surface area contributed by atoms with Crippen molar-refractivity contribution in [3.8, 4) is 17.0 Å². The maximum Gasteiger partial charge on any atom is 0.196 e. The Morgan fingerprint density at radius 3 is 2.73 bits per heavy atom. The summed E-state index contributed by atoms with van der Waals surface area (Å²) < 4.78 is 0. The zero-order chi connectivity index (χ0) is 10.4. The lowest BCUT2D eigenvalue weighted by Crippen LogP contribution is -1.94. The molecule has 3 rings (SSSR count). The Balaban J connectivity index is 2.45. The van der Waals surface area contributed by atoms with Crippen LogP contribution in [-0.2, 0) is 0 Å². The van der Waals surface area contributed by atoms with Gasteiger partial charge in [0.2, 0.25) is 0 Å². The van der Waals surface area contributed by atoms with E-state index in [-0.39, 0.29) is 11.5 Å². The topological polar surface area (TPSA) is 50.2 Å². The highest BCUT2D eigenvalue weighted by Gasteiger charge is 2.29. The van der Waals surface area contributed by atoms with Crippen LogP contribution >= 0.6 is 0 Å². The summed E-state index contributed by atoms with van der Waals surface area (Å²) in [6.45, 7) is 0. The number of phenolic OH excluding ortho intramolecular Hbond substituents is 1. The smallest absolute Gasteiger partial charge is 0.196 e. The monoisotopic (exact) mass is 197 g/mol. The van der Waals surface area contributed by atoms with Crippen molar-refractivity contribution < 1.29 is 9.90 Å². The molecule has 3 heteroatoms. The van der Waals surface area contributed by atoms with Crippen LogP contribution in [0.2, 0.25) is 0 Å². The van der Waals surface area contributed by atoms with Crippen molar-refractivity contribution in [3.63, 3.8) is 0 Å². The number of rotatable bonds is 0.